The number of halogens is 4. The third-order valence-electron chi connectivity index (χ3n) is 6.34. The zero-order valence-electron chi connectivity index (χ0n) is 18.7. The van der Waals surface area contributed by atoms with Crippen LogP contribution in [0.5, 0.6) is 5.75 Å². The molecule has 0 spiro atoms. The molecular weight excluding hydrogens is 468 g/mol. The molecule has 3 aromatic rings. The van der Waals surface area contributed by atoms with Crippen molar-refractivity contribution in [3.05, 3.63) is 53.7 Å². The summed E-state index contributed by atoms with van der Waals surface area (Å²) in [4.78, 5) is 21.2. The summed E-state index contributed by atoms with van der Waals surface area (Å²) in [5.74, 6) is -3.17. The molecule has 1 aliphatic carbocycles. The summed E-state index contributed by atoms with van der Waals surface area (Å²) < 4.78 is 65.5. The first-order chi connectivity index (χ1) is 16.8. The molecule has 2 fully saturated rings. The lowest BCUT2D eigenvalue weighted by molar-refractivity contribution is -0.119. The number of imidazole rings is 1. The van der Waals surface area contributed by atoms with Crippen molar-refractivity contribution < 1.29 is 31.8 Å². The highest BCUT2D eigenvalue weighted by Crippen LogP contribution is 2.43. The molecule has 1 amide bonds. The number of ether oxygens (including phenoxy) is 2. The first-order valence-electron chi connectivity index (χ1n) is 11.4. The van der Waals surface area contributed by atoms with E-state index in [-0.39, 0.29) is 48.4 Å². The van der Waals surface area contributed by atoms with Crippen molar-refractivity contribution in [2.24, 2.45) is 5.92 Å². The third-order valence-corrected chi connectivity index (χ3v) is 6.34. The molecule has 3 aromatic heterocycles. The number of rotatable bonds is 7. The number of anilines is 1. The number of carbonyl (C=O) groups excluding carboxylic acids is 1. The molecule has 4 heterocycles. The maximum atomic E-state index is 13.2. The van der Waals surface area contributed by atoms with Crippen molar-refractivity contribution in [3.63, 3.8) is 0 Å². The minimum Gasteiger partial charge on any atom is -0.491 e. The van der Waals surface area contributed by atoms with E-state index >= 15 is 0 Å². The smallest absolute Gasteiger partial charge is 0.280 e. The fourth-order valence-corrected chi connectivity index (χ4v) is 4.43. The second-order valence-electron chi connectivity index (χ2n) is 9.01. The lowest BCUT2D eigenvalue weighted by Gasteiger charge is -2.34. The van der Waals surface area contributed by atoms with Gasteiger partial charge in [-0.3, -0.25) is 4.79 Å². The molecule has 0 unspecified atom stereocenters. The second-order valence-corrected chi connectivity index (χ2v) is 9.01. The highest BCUT2D eigenvalue weighted by molar-refractivity contribution is 6.03. The van der Waals surface area contributed by atoms with Crippen molar-refractivity contribution in [2.45, 2.75) is 43.9 Å². The van der Waals surface area contributed by atoms with Crippen molar-refractivity contribution >= 4 is 17.2 Å². The predicted octanol–water partition coefficient (Wildman–Crippen LogP) is 5.24. The number of nitrogens with one attached hydrogen (secondary N) is 1. The van der Waals surface area contributed by atoms with Gasteiger partial charge in [-0.1, -0.05) is 6.07 Å². The van der Waals surface area contributed by atoms with Crippen LogP contribution >= 0.6 is 0 Å². The minimum atomic E-state index is -2.81. The molecule has 186 valence electrons. The molecule has 11 heteroatoms. The Bertz CT molecular complexity index is 1220. The van der Waals surface area contributed by atoms with Gasteiger partial charge in [0, 0.05) is 56.4 Å². The van der Waals surface area contributed by atoms with Crippen molar-refractivity contribution in [2.75, 3.05) is 25.1 Å². The zero-order chi connectivity index (χ0) is 24.6. The summed E-state index contributed by atoms with van der Waals surface area (Å²) in [6, 6.07) is 5.44. The topological polar surface area (TPSA) is 77.8 Å². The second kappa shape index (κ2) is 9.44. The molecule has 1 saturated heterocycles. The molecule has 7 nitrogen and oxygen atoms in total. The van der Waals surface area contributed by atoms with Crippen molar-refractivity contribution in [1.29, 1.82) is 0 Å². The Morgan fingerprint density at radius 2 is 1.97 bits per heavy atom. The monoisotopic (exact) mass is 492 g/mol. The van der Waals surface area contributed by atoms with Crippen LogP contribution in [-0.4, -0.2) is 46.0 Å². The summed E-state index contributed by atoms with van der Waals surface area (Å²) in [6.07, 6.45) is 1.86. The number of alkyl halides is 4. The Labute approximate surface area is 198 Å². The first-order valence-corrected chi connectivity index (χ1v) is 11.4. The summed E-state index contributed by atoms with van der Waals surface area (Å²) in [7, 11) is 0. The molecule has 35 heavy (non-hydrogen) atoms. The Morgan fingerprint density at radius 1 is 1.20 bits per heavy atom. The van der Waals surface area contributed by atoms with Gasteiger partial charge in [0.15, 0.2) is 0 Å². The van der Waals surface area contributed by atoms with E-state index in [1.807, 2.05) is 6.20 Å². The van der Waals surface area contributed by atoms with Crippen LogP contribution in [0.15, 0.2) is 36.7 Å². The standard InChI is InChI=1S/C24H24F4N4O3/c25-22(26)16-2-1-3-17(29-16)23(33)31-19-12-32-11-18(15-4-6-34-7-5-15)30-21(32)8-20(19)35-13-14-9-24(27,28)10-14/h1-3,8,11-12,14-15,22H,4-7,9-10,13H2,(H,31,33). The summed E-state index contributed by atoms with van der Waals surface area (Å²) in [6.45, 7) is 1.37. The third kappa shape index (κ3) is 5.24. The lowest BCUT2D eigenvalue weighted by Crippen LogP contribution is -2.38. The SMILES string of the molecule is O=C(Nc1cn2cc(C3CCOCC3)nc2cc1OCC1CC(F)(F)C1)c1cccc(C(F)F)n1. The number of amides is 1. The van der Waals surface area contributed by atoms with Crippen molar-refractivity contribution in [1.82, 2.24) is 14.4 Å². The molecule has 5 rings (SSSR count). The van der Waals surface area contributed by atoms with Gasteiger partial charge in [0.05, 0.1) is 12.3 Å². The van der Waals surface area contributed by atoms with Gasteiger partial charge >= 0.3 is 0 Å². The van der Waals surface area contributed by atoms with E-state index in [2.05, 4.69) is 15.3 Å². The van der Waals surface area contributed by atoms with Gasteiger partial charge in [0.2, 0.25) is 5.92 Å². The molecule has 0 radical (unpaired) electrons. The van der Waals surface area contributed by atoms with Crippen LogP contribution in [0.3, 0.4) is 0 Å². The van der Waals surface area contributed by atoms with Crippen LogP contribution in [0.4, 0.5) is 23.2 Å². The lowest BCUT2D eigenvalue weighted by atomic mass is 9.82. The Morgan fingerprint density at radius 3 is 2.69 bits per heavy atom. The predicted molar refractivity (Wildman–Crippen MR) is 118 cm³/mol. The largest absolute Gasteiger partial charge is 0.491 e. The number of nitrogens with zero attached hydrogens (tertiary/aromatic N) is 3. The Hall–Kier alpha value is -3.21. The van der Waals surface area contributed by atoms with E-state index in [1.165, 1.54) is 12.1 Å². The highest BCUT2D eigenvalue weighted by atomic mass is 19.3. The van der Waals surface area contributed by atoms with Gasteiger partial charge < -0.3 is 19.2 Å². The van der Waals surface area contributed by atoms with E-state index < -0.39 is 23.9 Å². The molecule has 0 bridgehead atoms. The highest BCUT2D eigenvalue weighted by Gasteiger charge is 2.45. The average Bonchev–Trinajstić information content (AvgIpc) is 3.24. The molecule has 2 aliphatic rings. The maximum Gasteiger partial charge on any atom is 0.280 e. The van der Waals surface area contributed by atoms with E-state index in [9.17, 15) is 22.4 Å². The molecule has 1 saturated carbocycles. The van der Waals surface area contributed by atoms with E-state index in [0.29, 0.717) is 18.9 Å². The minimum absolute atomic E-state index is 0.0568. The number of hydrogen-bond acceptors (Lipinski definition) is 5. The summed E-state index contributed by atoms with van der Waals surface area (Å²) in [5, 5.41) is 2.66. The quantitative estimate of drug-likeness (QED) is 0.457. The van der Waals surface area contributed by atoms with Crippen LogP contribution in [0, 0.1) is 5.92 Å². The first kappa shape index (κ1) is 23.5. The van der Waals surface area contributed by atoms with Crippen LogP contribution < -0.4 is 10.1 Å². The van der Waals surface area contributed by atoms with Gasteiger partial charge in [-0.25, -0.2) is 27.5 Å². The van der Waals surface area contributed by atoms with Gasteiger partial charge in [0.25, 0.3) is 12.3 Å². The van der Waals surface area contributed by atoms with Crippen LogP contribution in [0.2, 0.25) is 0 Å². The zero-order valence-corrected chi connectivity index (χ0v) is 18.7. The van der Waals surface area contributed by atoms with E-state index in [4.69, 9.17) is 9.47 Å². The van der Waals surface area contributed by atoms with Gasteiger partial charge in [-0.2, -0.15) is 0 Å². The fraction of sp³-hybridized carbons (Fsp3) is 0.458. The number of pyridine rings is 2. The molecule has 0 aromatic carbocycles. The van der Waals surface area contributed by atoms with Crippen molar-refractivity contribution in [3.8, 4) is 5.75 Å². The van der Waals surface area contributed by atoms with Crippen LogP contribution in [0.1, 0.15) is 59.9 Å². The van der Waals surface area contributed by atoms with E-state index in [1.54, 1.807) is 16.7 Å². The average molecular weight is 492 g/mol. The summed E-state index contributed by atoms with van der Waals surface area (Å²) in [5.41, 5.74) is 1.03. The molecule has 0 atom stereocenters. The normalized spacial score (nSPS) is 18.5. The summed E-state index contributed by atoms with van der Waals surface area (Å²) >= 11 is 0. The number of aromatic nitrogens is 3. The molecule has 1 aliphatic heterocycles. The van der Waals surface area contributed by atoms with Gasteiger partial charge in [0.1, 0.15) is 28.5 Å². The van der Waals surface area contributed by atoms with Gasteiger partial charge in [-0.05, 0) is 25.0 Å². The van der Waals surface area contributed by atoms with Gasteiger partial charge in [-0.15, -0.1) is 0 Å². The van der Waals surface area contributed by atoms with Crippen LogP contribution in [0.25, 0.3) is 5.65 Å². The van der Waals surface area contributed by atoms with Crippen LogP contribution in [-0.2, 0) is 4.74 Å². The Kier molecular flexibility index (Phi) is 6.35. The number of hydrogen-bond donors (Lipinski definition) is 1. The molecular formula is C24H24F4N4O3. The fourth-order valence-electron chi connectivity index (χ4n) is 4.43. The maximum absolute atomic E-state index is 13.2. The van der Waals surface area contributed by atoms with E-state index in [0.717, 1.165) is 24.6 Å². The number of fused-ring (bicyclic) bond motifs is 1. The number of carbonyl (C=O) groups is 1. The molecule has 1 N–H and O–H groups in total. The Balaban J connectivity index is 1.42.